The fourth-order valence-corrected chi connectivity index (χ4v) is 4.51. The molecule has 5 heteroatoms. The van der Waals surface area contributed by atoms with Crippen LogP contribution in [0.25, 0.3) is 55.1 Å². The third-order valence-corrected chi connectivity index (χ3v) is 6.77. The van der Waals surface area contributed by atoms with Crippen molar-refractivity contribution in [3.63, 3.8) is 0 Å². The van der Waals surface area contributed by atoms with E-state index in [2.05, 4.69) is 29.2 Å². The van der Waals surface area contributed by atoms with E-state index in [1.54, 1.807) is 6.20 Å². The van der Waals surface area contributed by atoms with Gasteiger partial charge in [0.2, 0.25) is 0 Å². The van der Waals surface area contributed by atoms with Gasteiger partial charge in [-0.2, -0.15) is 0 Å². The molecule has 0 N–H and O–H groups in total. The van der Waals surface area contributed by atoms with Gasteiger partial charge in [0.15, 0.2) is 11.2 Å². The summed E-state index contributed by atoms with van der Waals surface area (Å²) in [7, 11) is 13.1. The van der Waals surface area contributed by atoms with Crippen molar-refractivity contribution in [1.29, 1.82) is 0 Å². The molecule has 4 radical (unpaired) electrons. The van der Waals surface area contributed by atoms with Gasteiger partial charge in [-0.3, -0.25) is 4.98 Å². The minimum Gasteiger partial charge on any atom is -0.452 e. The molecule has 0 unspecified atom stereocenters. The summed E-state index contributed by atoms with van der Waals surface area (Å²) in [5.41, 5.74) is 5.26. The Morgan fingerprint density at radius 1 is 0.697 bits per heavy atom. The van der Waals surface area contributed by atoms with E-state index in [1.165, 1.54) is 0 Å². The first-order chi connectivity index (χ1) is 15.8. The molecular formula is C28H21B2NO2. The maximum Gasteiger partial charge on any atom is 0.178 e. The zero-order chi connectivity index (χ0) is 23.0. The van der Waals surface area contributed by atoms with E-state index in [1.807, 2.05) is 63.2 Å². The standard InChI is InChI=1S/C28H21B2NO2/c1-27(2,3)28(29,30)16-13-14-31-22(15-16)21-9-6-8-18-20-12-11-19-17-7-4-5-10-23(17)32-25(19)26(20)33-24(18)21/h4-15H,1-3H3. The van der Waals surface area contributed by atoms with Crippen LogP contribution in [-0.2, 0) is 5.21 Å². The Morgan fingerprint density at radius 3 is 2.15 bits per heavy atom. The molecular weight excluding hydrogens is 404 g/mol. The molecule has 0 bridgehead atoms. The highest BCUT2D eigenvalue weighted by Crippen LogP contribution is 2.42. The van der Waals surface area contributed by atoms with Crippen molar-refractivity contribution >= 4 is 59.6 Å². The number of hydrogen-bond acceptors (Lipinski definition) is 3. The summed E-state index contributed by atoms with van der Waals surface area (Å²) >= 11 is 0. The Morgan fingerprint density at radius 2 is 1.36 bits per heavy atom. The third kappa shape index (κ3) is 2.88. The van der Waals surface area contributed by atoms with Gasteiger partial charge in [0, 0.05) is 33.3 Å². The lowest BCUT2D eigenvalue weighted by molar-refractivity contribution is 0.358. The first kappa shape index (κ1) is 20.2. The highest BCUT2D eigenvalue weighted by atomic mass is 16.4. The van der Waals surface area contributed by atoms with Crippen molar-refractivity contribution in [3.05, 3.63) is 78.5 Å². The van der Waals surface area contributed by atoms with Gasteiger partial charge in [0.25, 0.3) is 0 Å². The molecule has 156 valence electrons. The molecule has 0 saturated heterocycles. The van der Waals surface area contributed by atoms with Crippen molar-refractivity contribution in [1.82, 2.24) is 4.98 Å². The minimum atomic E-state index is -1.01. The molecule has 3 nitrogen and oxygen atoms in total. The zero-order valence-electron chi connectivity index (χ0n) is 18.8. The summed E-state index contributed by atoms with van der Waals surface area (Å²) in [6, 6.07) is 22.2. The first-order valence-electron chi connectivity index (χ1n) is 11.1. The van der Waals surface area contributed by atoms with Crippen LogP contribution in [0.15, 0.2) is 81.8 Å². The number of aromatic nitrogens is 1. The van der Waals surface area contributed by atoms with E-state index in [0.717, 1.165) is 60.7 Å². The maximum absolute atomic E-state index is 6.55. The van der Waals surface area contributed by atoms with Crippen LogP contribution >= 0.6 is 0 Å². The quantitative estimate of drug-likeness (QED) is 0.278. The highest BCUT2D eigenvalue weighted by Gasteiger charge is 2.33. The summed E-state index contributed by atoms with van der Waals surface area (Å²) in [6.07, 6.45) is 1.75. The van der Waals surface area contributed by atoms with Crippen molar-refractivity contribution in [2.75, 3.05) is 0 Å². The lowest BCUT2D eigenvalue weighted by Gasteiger charge is -2.40. The normalized spacial score (nSPS) is 12.9. The van der Waals surface area contributed by atoms with Gasteiger partial charge in [-0.15, -0.1) is 0 Å². The van der Waals surface area contributed by atoms with Gasteiger partial charge < -0.3 is 8.83 Å². The van der Waals surface area contributed by atoms with Crippen LogP contribution in [0.1, 0.15) is 26.3 Å². The average Bonchev–Trinajstić information content (AvgIpc) is 3.36. The van der Waals surface area contributed by atoms with Gasteiger partial charge in [-0.05, 0) is 41.8 Å². The fraction of sp³-hybridized carbons (Fsp3) is 0.179. The predicted octanol–water partition coefficient (Wildman–Crippen LogP) is 7.08. The molecule has 33 heavy (non-hydrogen) atoms. The van der Waals surface area contributed by atoms with Crippen LogP contribution < -0.4 is 0 Å². The Labute approximate surface area is 194 Å². The number of rotatable bonds is 2. The molecule has 0 saturated carbocycles. The monoisotopic (exact) mass is 425 g/mol. The number of furan rings is 2. The lowest BCUT2D eigenvalue weighted by Crippen LogP contribution is -2.41. The SMILES string of the molecule is [B]C([B])(c1ccnc(-c2cccc3c2oc2c3ccc3c4ccccc4oc32)c1)C(C)(C)C. The second kappa shape index (κ2) is 6.77. The molecule has 0 atom stereocenters. The number of pyridine rings is 1. The molecule has 0 amide bonds. The minimum absolute atomic E-state index is 0.329. The van der Waals surface area contributed by atoms with Gasteiger partial charge >= 0.3 is 0 Å². The van der Waals surface area contributed by atoms with Crippen LogP contribution in [0.3, 0.4) is 0 Å². The van der Waals surface area contributed by atoms with E-state index in [0.29, 0.717) is 0 Å². The molecule has 3 aromatic carbocycles. The summed E-state index contributed by atoms with van der Waals surface area (Å²) in [4.78, 5) is 4.63. The van der Waals surface area contributed by atoms with Crippen molar-refractivity contribution in [2.24, 2.45) is 5.41 Å². The number of fused-ring (bicyclic) bond motifs is 7. The van der Waals surface area contributed by atoms with E-state index in [-0.39, 0.29) is 5.41 Å². The van der Waals surface area contributed by atoms with Gasteiger partial charge in [-0.25, -0.2) is 0 Å². The Kier molecular flexibility index (Phi) is 4.14. The Bertz CT molecular complexity index is 1690. The molecule has 0 aliphatic carbocycles. The van der Waals surface area contributed by atoms with Crippen molar-refractivity contribution in [2.45, 2.75) is 26.0 Å². The second-order valence-electron chi connectivity index (χ2n) is 9.75. The summed E-state index contributed by atoms with van der Waals surface area (Å²) in [5, 5.41) is 3.14. The van der Waals surface area contributed by atoms with Gasteiger partial charge in [0.1, 0.15) is 11.2 Å². The molecule has 3 aromatic heterocycles. The second-order valence-corrected chi connectivity index (χ2v) is 9.75. The van der Waals surface area contributed by atoms with Crippen LogP contribution in [0, 0.1) is 5.41 Å². The van der Waals surface area contributed by atoms with Gasteiger partial charge in [0.05, 0.1) is 21.4 Å². The number of para-hydroxylation sites is 2. The average molecular weight is 425 g/mol. The van der Waals surface area contributed by atoms with Gasteiger partial charge in [-0.1, -0.05) is 61.9 Å². The van der Waals surface area contributed by atoms with Crippen molar-refractivity contribution < 1.29 is 8.83 Å². The summed E-state index contributed by atoms with van der Waals surface area (Å²) < 4.78 is 12.7. The van der Waals surface area contributed by atoms with Crippen LogP contribution in [0.2, 0.25) is 0 Å². The fourth-order valence-electron chi connectivity index (χ4n) is 4.51. The Balaban J connectivity index is 1.61. The third-order valence-electron chi connectivity index (χ3n) is 6.77. The predicted molar refractivity (Wildman–Crippen MR) is 137 cm³/mol. The molecule has 0 aliphatic heterocycles. The molecule has 6 aromatic rings. The van der Waals surface area contributed by atoms with E-state index in [4.69, 9.17) is 24.5 Å². The van der Waals surface area contributed by atoms with E-state index in [9.17, 15) is 0 Å². The lowest BCUT2D eigenvalue weighted by atomic mass is 9.41. The molecule has 0 fully saturated rings. The highest BCUT2D eigenvalue weighted by molar-refractivity contribution is 6.40. The molecule has 0 aliphatic rings. The smallest absolute Gasteiger partial charge is 0.178 e. The summed E-state index contributed by atoms with van der Waals surface area (Å²) in [6.45, 7) is 6.10. The van der Waals surface area contributed by atoms with Crippen molar-refractivity contribution in [3.8, 4) is 11.3 Å². The largest absolute Gasteiger partial charge is 0.452 e. The zero-order valence-corrected chi connectivity index (χ0v) is 18.8. The maximum atomic E-state index is 6.55. The van der Waals surface area contributed by atoms with E-state index < -0.39 is 5.21 Å². The molecule has 3 heterocycles. The van der Waals surface area contributed by atoms with Crippen LogP contribution in [0.4, 0.5) is 0 Å². The number of hydrogen-bond donors (Lipinski definition) is 0. The first-order valence-corrected chi connectivity index (χ1v) is 11.1. The van der Waals surface area contributed by atoms with Crippen LogP contribution in [0.5, 0.6) is 0 Å². The molecule has 6 rings (SSSR count). The topological polar surface area (TPSA) is 39.2 Å². The number of nitrogens with zero attached hydrogens (tertiary/aromatic N) is 1. The Hall–Kier alpha value is -3.46. The summed E-state index contributed by atoms with van der Waals surface area (Å²) in [5.74, 6) is 0. The van der Waals surface area contributed by atoms with E-state index >= 15 is 0 Å². The number of benzene rings is 3. The van der Waals surface area contributed by atoms with Crippen LogP contribution in [-0.4, -0.2) is 20.7 Å². The molecule has 0 spiro atoms.